The number of hydrogen-bond acceptors (Lipinski definition) is 2. The molecule has 0 aliphatic carbocycles. The zero-order chi connectivity index (χ0) is 12.2. The Bertz CT molecular complexity index is 191. The summed E-state index contributed by atoms with van der Waals surface area (Å²) in [4.78, 5) is 2.63. The van der Waals surface area contributed by atoms with E-state index in [1.807, 2.05) is 0 Å². The second kappa shape index (κ2) is 6.02. The Morgan fingerprint density at radius 1 is 1.25 bits per heavy atom. The van der Waals surface area contributed by atoms with Crippen molar-refractivity contribution in [1.82, 2.24) is 10.2 Å². The van der Waals surface area contributed by atoms with Gasteiger partial charge in [-0.05, 0) is 58.2 Å². The fraction of sp³-hybridized carbons (Fsp3) is 1.00. The van der Waals surface area contributed by atoms with Gasteiger partial charge in [-0.3, -0.25) is 0 Å². The van der Waals surface area contributed by atoms with E-state index >= 15 is 0 Å². The maximum Gasteiger partial charge on any atom is 0.0252 e. The quantitative estimate of drug-likeness (QED) is 0.775. The smallest absolute Gasteiger partial charge is 0.0252 e. The van der Waals surface area contributed by atoms with Crippen molar-refractivity contribution in [2.24, 2.45) is 11.8 Å². The lowest BCUT2D eigenvalue weighted by molar-refractivity contribution is 0.127. The Balaban J connectivity index is 2.31. The van der Waals surface area contributed by atoms with Crippen LogP contribution in [0.4, 0.5) is 0 Å². The molecule has 1 aliphatic rings. The van der Waals surface area contributed by atoms with Gasteiger partial charge in [0.15, 0.2) is 0 Å². The number of piperidine rings is 1. The van der Waals surface area contributed by atoms with Gasteiger partial charge in [-0.1, -0.05) is 20.8 Å². The molecule has 0 aromatic rings. The highest BCUT2D eigenvalue weighted by Crippen LogP contribution is 2.25. The lowest BCUT2D eigenvalue weighted by Gasteiger charge is -2.38. The van der Waals surface area contributed by atoms with E-state index in [1.54, 1.807) is 0 Å². The van der Waals surface area contributed by atoms with Crippen LogP contribution in [0.15, 0.2) is 0 Å². The van der Waals surface area contributed by atoms with Crippen LogP contribution in [-0.4, -0.2) is 36.6 Å². The van der Waals surface area contributed by atoms with Crippen molar-refractivity contribution in [1.29, 1.82) is 0 Å². The lowest BCUT2D eigenvalue weighted by atomic mass is 9.86. The minimum Gasteiger partial charge on any atom is -0.311 e. The molecule has 2 heteroatoms. The van der Waals surface area contributed by atoms with Crippen molar-refractivity contribution in [2.75, 3.05) is 26.2 Å². The Hall–Kier alpha value is -0.0800. The Labute approximate surface area is 102 Å². The number of nitrogens with one attached hydrogen (secondary N) is 1. The lowest BCUT2D eigenvalue weighted by Crippen LogP contribution is -2.51. The molecule has 1 rings (SSSR count). The highest BCUT2D eigenvalue weighted by molar-refractivity contribution is 4.84. The monoisotopic (exact) mass is 226 g/mol. The summed E-state index contributed by atoms with van der Waals surface area (Å²) in [5.41, 5.74) is 0.263. The van der Waals surface area contributed by atoms with E-state index in [-0.39, 0.29) is 5.54 Å². The predicted molar refractivity (Wildman–Crippen MR) is 71.8 cm³/mol. The average molecular weight is 226 g/mol. The fourth-order valence-corrected chi connectivity index (χ4v) is 2.87. The zero-order valence-corrected chi connectivity index (χ0v) is 11.8. The van der Waals surface area contributed by atoms with Gasteiger partial charge in [0, 0.05) is 12.1 Å². The first-order chi connectivity index (χ1) is 7.44. The molecule has 1 aliphatic heterocycles. The Morgan fingerprint density at radius 2 is 1.81 bits per heavy atom. The van der Waals surface area contributed by atoms with Gasteiger partial charge in [0.2, 0.25) is 0 Å². The van der Waals surface area contributed by atoms with Crippen LogP contribution in [0.1, 0.15) is 47.5 Å². The molecule has 16 heavy (non-hydrogen) atoms. The van der Waals surface area contributed by atoms with Crippen LogP contribution in [0.2, 0.25) is 0 Å². The summed E-state index contributed by atoms with van der Waals surface area (Å²) in [7, 11) is 0. The van der Waals surface area contributed by atoms with Crippen molar-refractivity contribution < 1.29 is 0 Å². The van der Waals surface area contributed by atoms with Gasteiger partial charge in [0.1, 0.15) is 0 Å². The van der Waals surface area contributed by atoms with Crippen LogP contribution in [0.25, 0.3) is 0 Å². The normalized spacial score (nSPS) is 20.6. The first kappa shape index (κ1) is 14.0. The number of hydrogen-bond donors (Lipinski definition) is 1. The largest absolute Gasteiger partial charge is 0.311 e. The highest BCUT2D eigenvalue weighted by atomic mass is 15.2. The van der Waals surface area contributed by atoms with E-state index in [0.717, 1.165) is 18.4 Å². The van der Waals surface area contributed by atoms with Gasteiger partial charge in [0.05, 0.1) is 0 Å². The molecule has 0 amide bonds. The summed E-state index contributed by atoms with van der Waals surface area (Å²) in [5, 5.41) is 3.56. The summed E-state index contributed by atoms with van der Waals surface area (Å²) >= 11 is 0. The molecule has 1 heterocycles. The van der Waals surface area contributed by atoms with Crippen molar-refractivity contribution in [3.05, 3.63) is 0 Å². The topological polar surface area (TPSA) is 15.3 Å². The van der Waals surface area contributed by atoms with Gasteiger partial charge < -0.3 is 10.2 Å². The molecule has 0 spiro atoms. The molecular weight excluding hydrogens is 196 g/mol. The first-order valence-electron chi connectivity index (χ1n) is 6.92. The second-order valence-electron chi connectivity index (χ2n) is 6.27. The number of nitrogens with zero attached hydrogens (tertiary/aromatic N) is 1. The minimum atomic E-state index is 0.263. The molecule has 96 valence electrons. The zero-order valence-electron chi connectivity index (χ0n) is 11.8. The molecule has 0 unspecified atom stereocenters. The van der Waals surface area contributed by atoms with Gasteiger partial charge in [-0.2, -0.15) is 0 Å². The van der Waals surface area contributed by atoms with Gasteiger partial charge in [0.25, 0.3) is 0 Å². The predicted octanol–water partition coefficient (Wildman–Crippen LogP) is 2.74. The molecule has 1 N–H and O–H groups in total. The van der Waals surface area contributed by atoms with Gasteiger partial charge >= 0.3 is 0 Å². The third-order valence-electron chi connectivity index (χ3n) is 3.85. The van der Waals surface area contributed by atoms with Crippen LogP contribution in [0, 0.1) is 11.8 Å². The third kappa shape index (κ3) is 4.42. The Morgan fingerprint density at radius 3 is 2.25 bits per heavy atom. The molecule has 0 bridgehead atoms. The van der Waals surface area contributed by atoms with Crippen molar-refractivity contribution in [3.63, 3.8) is 0 Å². The maximum absolute atomic E-state index is 3.56. The molecule has 1 saturated heterocycles. The van der Waals surface area contributed by atoms with Crippen molar-refractivity contribution in [2.45, 2.75) is 53.0 Å². The SMILES string of the molecule is CCNC(C)(C)CN1CCC(C(C)C)CC1. The summed E-state index contributed by atoms with van der Waals surface area (Å²) in [6, 6.07) is 0. The minimum absolute atomic E-state index is 0.263. The second-order valence-corrected chi connectivity index (χ2v) is 6.27. The van der Waals surface area contributed by atoms with E-state index in [4.69, 9.17) is 0 Å². The standard InChI is InChI=1S/C14H30N2/c1-6-15-14(4,5)11-16-9-7-13(8-10-16)12(2)3/h12-13,15H,6-11H2,1-5H3. The molecule has 0 saturated carbocycles. The molecule has 2 nitrogen and oxygen atoms in total. The van der Waals surface area contributed by atoms with E-state index in [2.05, 4.69) is 44.8 Å². The summed E-state index contributed by atoms with van der Waals surface area (Å²) in [6.45, 7) is 16.4. The van der Waals surface area contributed by atoms with Crippen LogP contribution in [-0.2, 0) is 0 Å². The number of likely N-dealkylation sites (N-methyl/N-ethyl adjacent to an activating group) is 1. The number of rotatable bonds is 5. The molecule has 0 aromatic carbocycles. The average Bonchev–Trinajstić information content (AvgIpc) is 2.17. The maximum atomic E-state index is 3.56. The third-order valence-corrected chi connectivity index (χ3v) is 3.85. The van der Waals surface area contributed by atoms with E-state index in [0.29, 0.717) is 0 Å². The first-order valence-corrected chi connectivity index (χ1v) is 6.92. The van der Waals surface area contributed by atoms with Crippen LogP contribution in [0.5, 0.6) is 0 Å². The fourth-order valence-electron chi connectivity index (χ4n) is 2.87. The van der Waals surface area contributed by atoms with Crippen LogP contribution in [0.3, 0.4) is 0 Å². The van der Waals surface area contributed by atoms with Crippen LogP contribution >= 0.6 is 0 Å². The van der Waals surface area contributed by atoms with E-state index < -0.39 is 0 Å². The van der Waals surface area contributed by atoms with Crippen LogP contribution < -0.4 is 5.32 Å². The molecular formula is C14H30N2. The van der Waals surface area contributed by atoms with Crippen molar-refractivity contribution in [3.8, 4) is 0 Å². The molecule has 1 fully saturated rings. The highest BCUT2D eigenvalue weighted by Gasteiger charge is 2.25. The number of likely N-dealkylation sites (tertiary alicyclic amines) is 1. The summed E-state index contributed by atoms with van der Waals surface area (Å²) < 4.78 is 0. The Kier molecular flexibility index (Phi) is 5.26. The molecule has 0 radical (unpaired) electrons. The van der Waals surface area contributed by atoms with E-state index in [1.165, 1.54) is 32.5 Å². The van der Waals surface area contributed by atoms with Gasteiger partial charge in [-0.15, -0.1) is 0 Å². The summed E-state index contributed by atoms with van der Waals surface area (Å²) in [5.74, 6) is 1.82. The molecule has 0 atom stereocenters. The molecule has 0 aromatic heterocycles. The van der Waals surface area contributed by atoms with Crippen molar-refractivity contribution >= 4 is 0 Å². The van der Waals surface area contributed by atoms with E-state index in [9.17, 15) is 0 Å². The summed E-state index contributed by atoms with van der Waals surface area (Å²) in [6.07, 6.45) is 2.78. The van der Waals surface area contributed by atoms with Gasteiger partial charge in [-0.25, -0.2) is 0 Å².